The van der Waals surface area contributed by atoms with Gasteiger partial charge < -0.3 is 14.8 Å². The third-order valence-electron chi connectivity index (χ3n) is 2.10. The summed E-state index contributed by atoms with van der Waals surface area (Å²) in [6.07, 6.45) is 2.78. The van der Waals surface area contributed by atoms with E-state index in [9.17, 15) is 4.79 Å². The Bertz CT molecular complexity index is 523. The van der Waals surface area contributed by atoms with Gasteiger partial charge in [-0.2, -0.15) is 0 Å². The number of nitrogens with zero attached hydrogens (tertiary/aromatic N) is 2. The van der Waals surface area contributed by atoms with Crippen molar-refractivity contribution in [2.45, 2.75) is 6.92 Å². The first-order valence-electron chi connectivity index (χ1n) is 5.10. The number of aromatic carboxylic acids is 1. The van der Waals surface area contributed by atoms with Crippen molar-refractivity contribution in [3.05, 3.63) is 30.2 Å². The molecule has 0 aliphatic heterocycles. The molecule has 0 amide bonds. The Morgan fingerprint density at radius 1 is 1.59 bits per heavy atom. The molecule has 6 heteroatoms. The summed E-state index contributed by atoms with van der Waals surface area (Å²) in [5.41, 5.74) is 0.0437. The molecule has 0 spiro atoms. The fourth-order valence-corrected chi connectivity index (χ4v) is 1.37. The molecule has 0 radical (unpaired) electrons. The van der Waals surface area contributed by atoms with Gasteiger partial charge in [0.15, 0.2) is 11.6 Å². The van der Waals surface area contributed by atoms with Crippen LogP contribution in [0.1, 0.15) is 17.3 Å². The lowest BCUT2D eigenvalue weighted by Crippen LogP contribution is -2.09. The highest BCUT2D eigenvalue weighted by molar-refractivity contribution is 5.93. The Morgan fingerprint density at radius 2 is 2.41 bits per heavy atom. The fraction of sp³-hybridized carbons (Fsp3) is 0.182. The first-order valence-corrected chi connectivity index (χ1v) is 5.10. The van der Waals surface area contributed by atoms with Crippen LogP contribution in [-0.4, -0.2) is 27.6 Å². The van der Waals surface area contributed by atoms with E-state index in [0.717, 1.165) is 0 Å². The Morgan fingerprint density at radius 3 is 3.00 bits per heavy atom. The largest absolute Gasteiger partial charge is 0.477 e. The molecule has 0 aromatic carbocycles. The number of furan rings is 1. The molecule has 0 saturated heterocycles. The Balaban J connectivity index is 2.45. The number of rotatable bonds is 4. The lowest BCUT2D eigenvalue weighted by molar-refractivity contribution is 0.0697. The SMILES string of the molecule is CCNc1nc(-c2ccco2)ncc1C(=O)O. The van der Waals surface area contributed by atoms with E-state index < -0.39 is 5.97 Å². The minimum Gasteiger partial charge on any atom is -0.477 e. The van der Waals surface area contributed by atoms with Gasteiger partial charge in [-0.3, -0.25) is 0 Å². The van der Waals surface area contributed by atoms with Crippen LogP contribution in [0.25, 0.3) is 11.6 Å². The van der Waals surface area contributed by atoms with Gasteiger partial charge in [-0.15, -0.1) is 0 Å². The van der Waals surface area contributed by atoms with Gasteiger partial charge >= 0.3 is 5.97 Å². The molecule has 17 heavy (non-hydrogen) atoms. The maximum Gasteiger partial charge on any atom is 0.341 e. The average molecular weight is 233 g/mol. The molecule has 0 bridgehead atoms. The van der Waals surface area contributed by atoms with E-state index in [2.05, 4.69) is 15.3 Å². The second kappa shape index (κ2) is 4.65. The lowest BCUT2D eigenvalue weighted by atomic mass is 10.3. The maximum atomic E-state index is 11.0. The van der Waals surface area contributed by atoms with E-state index in [-0.39, 0.29) is 5.56 Å². The molecule has 0 atom stereocenters. The van der Waals surface area contributed by atoms with Crippen LogP contribution in [-0.2, 0) is 0 Å². The van der Waals surface area contributed by atoms with Crippen molar-refractivity contribution in [1.82, 2.24) is 9.97 Å². The van der Waals surface area contributed by atoms with Crippen molar-refractivity contribution >= 4 is 11.8 Å². The van der Waals surface area contributed by atoms with Crippen molar-refractivity contribution in [3.63, 3.8) is 0 Å². The van der Waals surface area contributed by atoms with Gasteiger partial charge in [0, 0.05) is 12.7 Å². The molecule has 0 aliphatic rings. The zero-order valence-electron chi connectivity index (χ0n) is 9.17. The molecule has 2 aromatic heterocycles. The second-order valence-corrected chi connectivity index (χ2v) is 3.27. The summed E-state index contributed by atoms with van der Waals surface area (Å²) in [4.78, 5) is 19.0. The van der Waals surface area contributed by atoms with E-state index in [1.165, 1.54) is 12.5 Å². The number of carbonyl (C=O) groups is 1. The van der Waals surface area contributed by atoms with E-state index >= 15 is 0 Å². The van der Waals surface area contributed by atoms with Crippen LogP contribution < -0.4 is 5.32 Å². The van der Waals surface area contributed by atoms with Gasteiger partial charge in [0.2, 0.25) is 0 Å². The van der Waals surface area contributed by atoms with Crippen molar-refractivity contribution in [3.8, 4) is 11.6 Å². The molecule has 0 aliphatic carbocycles. The molecule has 2 heterocycles. The van der Waals surface area contributed by atoms with Crippen LogP contribution in [0.4, 0.5) is 5.82 Å². The van der Waals surface area contributed by atoms with Crippen molar-refractivity contribution in [2.75, 3.05) is 11.9 Å². The topological polar surface area (TPSA) is 88.3 Å². The maximum absolute atomic E-state index is 11.0. The van der Waals surface area contributed by atoms with Gasteiger partial charge in [0.25, 0.3) is 0 Å². The number of hydrogen-bond donors (Lipinski definition) is 2. The minimum absolute atomic E-state index is 0.0437. The Kier molecular flexibility index (Phi) is 3.04. The normalized spacial score (nSPS) is 10.2. The summed E-state index contributed by atoms with van der Waals surface area (Å²) in [6.45, 7) is 2.44. The average Bonchev–Trinajstić information content (AvgIpc) is 2.82. The van der Waals surface area contributed by atoms with Crippen LogP contribution in [0.3, 0.4) is 0 Å². The first-order chi connectivity index (χ1) is 8.22. The van der Waals surface area contributed by atoms with E-state index in [4.69, 9.17) is 9.52 Å². The van der Waals surface area contributed by atoms with Crippen molar-refractivity contribution in [1.29, 1.82) is 0 Å². The predicted octanol–water partition coefficient (Wildman–Crippen LogP) is 1.87. The van der Waals surface area contributed by atoms with E-state index in [1.54, 1.807) is 12.1 Å². The highest BCUT2D eigenvalue weighted by Crippen LogP contribution is 2.19. The first kappa shape index (κ1) is 11.1. The minimum atomic E-state index is -1.06. The molecule has 2 N–H and O–H groups in total. The predicted molar refractivity (Wildman–Crippen MR) is 60.9 cm³/mol. The third-order valence-corrected chi connectivity index (χ3v) is 2.10. The third kappa shape index (κ3) is 2.25. The smallest absolute Gasteiger partial charge is 0.341 e. The zero-order chi connectivity index (χ0) is 12.3. The van der Waals surface area contributed by atoms with Crippen molar-refractivity contribution < 1.29 is 14.3 Å². The van der Waals surface area contributed by atoms with Gasteiger partial charge in [0.05, 0.1) is 6.26 Å². The Labute approximate surface area is 97.3 Å². The number of carboxylic acid groups (broad SMARTS) is 1. The summed E-state index contributed by atoms with van der Waals surface area (Å²) >= 11 is 0. The van der Waals surface area contributed by atoms with Crippen LogP contribution in [0.5, 0.6) is 0 Å². The number of aromatic nitrogens is 2. The van der Waals surface area contributed by atoms with Gasteiger partial charge in [-0.25, -0.2) is 14.8 Å². The second-order valence-electron chi connectivity index (χ2n) is 3.27. The zero-order valence-corrected chi connectivity index (χ0v) is 9.17. The highest BCUT2D eigenvalue weighted by Gasteiger charge is 2.14. The number of nitrogens with one attached hydrogen (secondary N) is 1. The molecule has 0 unspecified atom stereocenters. The van der Waals surface area contributed by atoms with Crippen LogP contribution in [0, 0.1) is 0 Å². The summed E-state index contributed by atoms with van der Waals surface area (Å²) in [5, 5.41) is 11.9. The quantitative estimate of drug-likeness (QED) is 0.838. The van der Waals surface area contributed by atoms with Crippen LogP contribution >= 0.6 is 0 Å². The summed E-state index contributed by atoms with van der Waals surface area (Å²) in [6, 6.07) is 3.43. The molecule has 88 valence electrons. The van der Waals surface area contributed by atoms with Crippen molar-refractivity contribution in [2.24, 2.45) is 0 Å². The van der Waals surface area contributed by atoms with E-state index in [0.29, 0.717) is 23.9 Å². The molecular weight excluding hydrogens is 222 g/mol. The number of carboxylic acids is 1. The molecule has 2 aromatic rings. The number of anilines is 1. The highest BCUT2D eigenvalue weighted by atomic mass is 16.4. The molecular formula is C11H11N3O3. The van der Waals surface area contributed by atoms with Gasteiger partial charge in [-0.05, 0) is 19.1 Å². The van der Waals surface area contributed by atoms with Gasteiger partial charge in [0.1, 0.15) is 11.4 Å². The molecule has 0 fully saturated rings. The summed E-state index contributed by atoms with van der Waals surface area (Å²) in [5.74, 6) is 0.0883. The molecule has 2 rings (SSSR count). The van der Waals surface area contributed by atoms with E-state index in [1.807, 2.05) is 6.92 Å². The van der Waals surface area contributed by atoms with Gasteiger partial charge in [-0.1, -0.05) is 0 Å². The summed E-state index contributed by atoms with van der Waals surface area (Å²) < 4.78 is 5.15. The monoisotopic (exact) mass is 233 g/mol. The lowest BCUT2D eigenvalue weighted by Gasteiger charge is -2.06. The number of hydrogen-bond acceptors (Lipinski definition) is 5. The fourth-order valence-electron chi connectivity index (χ4n) is 1.37. The Hall–Kier alpha value is -2.37. The summed E-state index contributed by atoms with van der Waals surface area (Å²) in [7, 11) is 0. The molecule has 6 nitrogen and oxygen atoms in total. The van der Waals surface area contributed by atoms with Crippen LogP contribution in [0.2, 0.25) is 0 Å². The molecule has 0 saturated carbocycles. The van der Waals surface area contributed by atoms with Crippen LogP contribution in [0.15, 0.2) is 29.0 Å². The standard InChI is InChI=1S/C11H11N3O3/c1-2-12-9-7(11(15)16)6-13-10(14-9)8-4-3-5-17-8/h3-6H,2H2,1H3,(H,15,16)(H,12,13,14).